The van der Waals surface area contributed by atoms with Crippen LogP contribution in [0, 0.1) is 6.92 Å². The number of nitrogens with one attached hydrogen (secondary N) is 1. The molecule has 0 radical (unpaired) electrons. The van der Waals surface area contributed by atoms with Gasteiger partial charge >= 0.3 is 0 Å². The molecule has 0 atom stereocenters. The molecule has 0 fully saturated rings. The number of fused-ring (bicyclic) bond motifs is 1. The largest absolute Gasteiger partial charge is 0.497 e. The van der Waals surface area contributed by atoms with Gasteiger partial charge in [0.15, 0.2) is 0 Å². The van der Waals surface area contributed by atoms with Crippen molar-refractivity contribution in [3.05, 3.63) is 76.6 Å². The maximum atomic E-state index is 12.8. The summed E-state index contributed by atoms with van der Waals surface area (Å²) in [4.78, 5) is 17.3. The van der Waals surface area contributed by atoms with E-state index < -0.39 is 0 Å². The summed E-state index contributed by atoms with van der Waals surface area (Å²) in [5.41, 5.74) is 4.58. The topological polar surface area (TPSA) is 72.8 Å². The lowest BCUT2D eigenvalue weighted by atomic mass is 10.1. The van der Waals surface area contributed by atoms with Crippen LogP contribution in [0.25, 0.3) is 22.0 Å². The fourth-order valence-electron chi connectivity index (χ4n) is 3.05. The highest BCUT2D eigenvalue weighted by atomic mass is 16.5. The minimum absolute atomic E-state index is 0.0618. The number of methoxy groups -OCH3 is 1. The van der Waals surface area contributed by atoms with Crippen LogP contribution < -0.4 is 10.3 Å². The summed E-state index contributed by atoms with van der Waals surface area (Å²) in [5.74, 6) is 0.768. The third-order valence-corrected chi connectivity index (χ3v) is 4.45. The van der Waals surface area contributed by atoms with Gasteiger partial charge in [-0.1, -0.05) is 18.2 Å². The van der Waals surface area contributed by atoms with Gasteiger partial charge in [0.2, 0.25) is 0 Å². The Morgan fingerprint density at radius 1 is 1.19 bits per heavy atom. The predicted octanol–water partition coefficient (Wildman–Crippen LogP) is 3.15. The molecule has 0 saturated carbocycles. The van der Waals surface area contributed by atoms with Gasteiger partial charge in [-0.05, 0) is 42.3 Å². The first-order valence-electron chi connectivity index (χ1n) is 8.28. The highest BCUT2D eigenvalue weighted by Crippen LogP contribution is 2.24. The van der Waals surface area contributed by atoms with E-state index in [-0.39, 0.29) is 5.56 Å². The summed E-state index contributed by atoms with van der Waals surface area (Å²) >= 11 is 0. The number of H-pyrrole nitrogens is 1. The molecule has 0 spiro atoms. The molecule has 4 aromatic rings. The second kappa shape index (κ2) is 6.48. The van der Waals surface area contributed by atoms with E-state index >= 15 is 0 Å². The van der Waals surface area contributed by atoms with Crippen molar-refractivity contribution in [2.45, 2.75) is 13.5 Å². The van der Waals surface area contributed by atoms with Crippen molar-refractivity contribution in [2.75, 3.05) is 7.11 Å². The van der Waals surface area contributed by atoms with Gasteiger partial charge in [0.1, 0.15) is 5.75 Å². The summed E-state index contributed by atoms with van der Waals surface area (Å²) in [6, 6.07) is 13.3. The molecule has 0 unspecified atom stereocenters. The third kappa shape index (κ3) is 2.86. The number of hydrogen-bond acceptors (Lipinski definition) is 4. The van der Waals surface area contributed by atoms with Crippen molar-refractivity contribution in [2.24, 2.45) is 0 Å². The molecule has 2 aromatic heterocycles. The number of benzene rings is 2. The molecule has 6 nitrogen and oxygen atoms in total. The van der Waals surface area contributed by atoms with E-state index in [0.29, 0.717) is 17.4 Å². The molecule has 26 heavy (non-hydrogen) atoms. The summed E-state index contributed by atoms with van der Waals surface area (Å²) in [6.45, 7) is 2.41. The van der Waals surface area contributed by atoms with Crippen LogP contribution in [0.1, 0.15) is 11.3 Å². The van der Waals surface area contributed by atoms with Crippen LogP contribution >= 0.6 is 0 Å². The molecule has 2 aromatic carbocycles. The fraction of sp³-hybridized carbons (Fsp3) is 0.150. The van der Waals surface area contributed by atoms with E-state index in [1.165, 1.54) is 0 Å². The zero-order valence-corrected chi connectivity index (χ0v) is 14.6. The number of hydrogen-bond donors (Lipinski definition) is 1. The Morgan fingerprint density at radius 2 is 2.08 bits per heavy atom. The molecule has 4 rings (SSSR count). The molecule has 0 saturated heterocycles. The number of aromatic amines is 1. The van der Waals surface area contributed by atoms with E-state index in [9.17, 15) is 4.79 Å². The van der Waals surface area contributed by atoms with E-state index in [1.54, 1.807) is 24.2 Å². The number of rotatable bonds is 4. The summed E-state index contributed by atoms with van der Waals surface area (Å²) in [5, 5.41) is 7.57. The fourth-order valence-corrected chi connectivity index (χ4v) is 3.05. The average molecular weight is 346 g/mol. The van der Waals surface area contributed by atoms with Crippen LogP contribution in [0.5, 0.6) is 5.75 Å². The van der Waals surface area contributed by atoms with Gasteiger partial charge in [-0.2, -0.15) is 5.10 Å². The molecule has 0 aliphatic carbocycles. The van der Waals surface area contributed by atoms with Gasteiger partial charge in [-0.3, -0.25) is 14.5 Å². The second-order valence-electron chi connectivity index (χ2n) is 6.17. The lowest BCUT2D eigenvalue weighted by Gasteiger charge is -2.09. The summed E-state index contributed by atoms with van der Waals surface area (Å²) in [6.07, 6.45) is 3.37. The lowest BCUT2D eigenvalue weighted by molar-refractivity contribution is 0.414. The Labute approximate surface area is 150 Å². The van der Waals surface area contributed by atoms with Crippen LogP contribution in [0.4, 0.5) is 0 Å². The molecule has 0 amide bonds. The predicted molar refractivity (Wildman–Crippen MR) is 100 cm³/mol. The Morgan fingerprint density at radius 3 is 2.85 bits per heavy atom. The van der Waals surface area contributed by atoms with Crippen LogP contribution in [-0.4, -0.2) is 26.9 Å². The second-order valence-corrected chi connectivity index (χ2v) is 6.17. The maximum absolute atomic E-state index is 12.8. The number of aryl methyl sites for hydroxylation is 1. The van der Waals surface area contributed by atoms with Gasteiger partial charge in [0.25, 0.3) is 5.56 Å². The van der Waals surface area contributed by atoms with Gasteiger partial charge in [-0.25, -0.2) is 4.98 Å². The van der Waals surface area contributed by atoms with Crippen molar-refractivity contribution in [1.82, 2.24) is 19.7 Å². The van der Waals surface area contributed by atoms with Crippen LogP contribution in [-0.2, 0) is 6.54 Å². The zero-order valence-electron chi connectivity index (χ0n) is 14.6. The first kappa shape index (κ1) is 16.1. The third-order valence-electron chi connectivity index (χ3n) is 4.45. The standard InChI is InChI=1S/C20H18N4O2/c1-13-18(10-22-23-13)15-6-7-17-19(9-15)21-12-24(20(17)25)11-14-4-3-5-16(8-14)26-2/h3-10,12H,11H2,1-2H3,(H,22,23). The van der Waals surface area contributed by atoms with E-state index in [1.807, 2.05) is 49.4 Å². The van der Waals surface area contributed by atoms with Crippen molar-refractivity contribution in [3.8, 4) is 16.9 Å². The molecule has 0 aliphatic rings. The van der Waals surface area contributed by atoms with Crippen LogP contribution in [0.3, 0.4) is 0 Å². The average Bonchev–Trinajstić information content (AvgIpc) is 3.10. The van der Waals surface area contributed by atoms with Crippen LogP contribution in [0.2, 0.25) is 0 Å². The molecule has 1 N–H and O–H groups in total. The number of ether oxygens (including phenoxy) is 1. The lowest BCUT2D eigenvalue weighted by Crippen LogP contribution is -2.21. The minimum atomic E-state index is -0.0618. The molecule has 2 heterocycles. The monoisotopic (exact) mass is 346 g/mol. The molecule has 0 bridgehead atoms. The number of aromatic nitrogens is 4. The molecule has 6 heteroatoms. The first-order chi connectivity index (χ1) is 12.7. The smallest absolute Gasteiger partial charge is 0.261 e. The van der Waals surface area contributed by atoms with Gasteiger partial charge in [0.05, 0.1) is 37.1 Å². The normalized spacial score (nSPS) is 11.0. The molecule has 0 aliphatic heterocycles. The minimum Gasteiger partial charge on any atom is -0.497 e. The van der Waals surface area contributed by atoms with E-state index in [0.717, 1.165) is 28.1 Å². The SMILES string of the molecule is COc1cccc(Cn2cnc3cc(-c4cn[nH]c4C)ccc3c2=O)c1. The van der Waals surface area contributed by atoms with Crippen molar-refractivity contribution in [1.29, 1.82) is 0 Å². The Balaban J connectivity index is 1.73. The quantitative estimate of drug-likeness (QED) is 0.616. The van der Waals surface area contributed by atoms with Gasteiger partial charge in [0, 0.05) is 11.3 Å². The first-order valence-corrected chi connectivity index (χ1v) is 8.28. The highest BCUT2D eigenvalue weighted by molar-refractivity contribution is 5.83. The Hall–Kier alpha value is -3.41. The van der Waals surface area contributed by atoms with Crippen molar-refractivity contribution < 1.29 is 4.74 Å². The number of nitrogens with zero attached hydrogens (tertiary/aromatic N) is 3. The Kier molecular flexibility index (Phi) is 4.01. The van der Waals surface area contributed by atoms with Crippen molar-refractivity contribution >= 4 is 10.9 Å². The molecule has 130 valence electrons. The Bertz CT molecular complexity index is 1140. The summed E-state index contributed by atoms with van der Waals surface area (Å²) < 4.78 is 6.85. The maximum Gasteiger partial charge on any atom is 0.261 e. The zero-order chi connectivity index (χ0) is 18.1. The molecular weight excluding hydrogens is 328 g/mol. The van der Waals surface area contributed by atoms with Gasteiger partial charge < -0.3 is 4.74 Å². The van der Waals surface area contributed by atoms with Crippen LogP contribution in [0.15, 0.2) is 59.8 Å². The molecular formula is C20H18N4O2. The summed E-state index contributed by atoms with van der Waals surface area (Å²) in [7, 11) is 1.63. The highest BCUT2D eigenvalue weighted by Gasteiger charge is 2.09. The van der Waals surface area contributed by atoms with Gasteiger partial charge in [-0.15, -0.1) is 0 Å². The van der Waals surface area contributed by atoms with E-state index in [4.69, 9.17) is 4.74 Å². The van der Waals surface area contributed by atoms with E-state index in [2.05, 4.69) is 15.2 Å². The van der Waals surface area contributed by atoms with Crippen molar-refractivity contribution in [3.63, 3.8) is 0 Å².